The molecule has 0 aliphatic carbocycles. The summed E-state index contributed by atoms with van der Waals surface area (Å²) in [6.45, 7) is 5.41. The molecule has 3 N–H and O–H groups in total. The Morgan fingerprint density at radius 3 is 3.00 bits per heavy atom. The molecular formula is C13H17N3. The molecule has 84 valence electrons. The first-order chi connectivity index (χ1) is 7.83. The van der Waals surface area contributed by atoms with Crippen LogP contribution < -0.4 is 11.1 Å². The highest BCUT2D eigenvalue weighted by Gasteiger charge is 1.92. The lowest BCUT2D eigenvalue weighted by molar-refractivity contribution is 0.730. The molecule has 3 heteroatoms. The van der Waals surface area contributed by atoms with Crippen LogP contribution in [-0.4, -0.2) is 11.5 Å². The normalized spacial score (nSPS) is 11.2. The number of rotatable bonds is 6. The highest BCUT2D eigenvalue weighted by Crippen LogP contribution is 1.94. The molecule has 0 aliphatic rings. The summed E-state index contributed by atoms with van der Waals surface area (Å²) in [5.74, 6) is 0. The highest BCUT2D eigenvalue weighted by molar-refractivity contribution is 5.20. The van der Waals surface area contributed by atoms with Gasteiger partial charge in [0, 0.05) is 19.3 Å². The number of nitrogens with zero attached hydrogens (tertiary/aromatic N) is 1. The second kappa shape index (κ2) is 7.43. The maximum atomic E-state index is 5.21. The molecule has 0 atom stereocenters. The van der Waals surface area contributed by atoms with Crippen molar-refractivity contribution in [3.63, 3.8) is 0 Å². The van der Waals surface area contributed by atoms with Crippen molar-refractivity contribution >= 4 is 0 Å². The van der Waals surface area contributed by atoms with Crippen LogP contribution in [0, 0.1) is 0 Å². The van der Waals surface area contributed by atoms with Crippen molar-refractivity contribution in [2.75, 3.05) is 6.54 Å². The Morgan fingerprint density at radius 1 is 1.44 bits per heavy atom. The van der Waals surface area contributed by atoms with E-state index in [1.807, 2.05) is 30.4 Å². The molecule has 0 aliphatic heterocycles. The Kier molecular flexibility index (Phi) is 5.66. The summed E-state index contributed by atoms with van der Waals surface area (Å²) in [5.41, 5.74) is 7.24. The third kappa shape index (κ3) is 5.12. The molecular weight excluding hydrogens is 198 g/mol. The van der Waals surface area contributed by atoms with Gasteiger partial charge in [0.25, 0.3) is 0 Å². The quantitative estimate of drug-likeness (QED) is 0.711. The van der Waals surface area contributed by atoms with Gasteiger partial charge in [-0.1, -0.05) is 24.8 Å². The van der Waals surface area contributed by atoms with Crippen LogP contribution in [0.25, 0.3) is 0 Å². The highest BCUT2D eigenvalue weighted by atomic mass is 14.9. The molecule has 1 aromatic rings. The molecule has 1 rings (SSSR count). The van der Waals surface area contributed by atoms with E-state index in [-0.39, 0.29) is 0 Å². The Morgan fingerprint density at radius 2 is 2.31 bits per heavy atom. The Labute approximate surface area is 96.4 Å². The van der Waals surface area contributed by atoms with Gasteiger partial charge in [-0.05, 0) is 30.0 Å². The lowest BCUT2D eigenvalue weighted by atomic mass is 10.2. The maximum Gasteiger partial charge on any atom is 0.0541 e. The summed E-state index contributed by atoms with van der Waals surface area (Å²) < 4.78 is 0. The van der Waals surface area contributed by atoms with Crippen LogP contribution >= 0.6 is 0 Å². The van der Waals surface area contributed by atoms with Gasteiger partial charge in [-0.3, -0.25) is 4.98 Å². The van der Waals surface area contributed by atoms with Crippen LogP contribution in [0.5, 0.6) is 0 Å². The van der Waals surface area contributed by atoms with Gasteiger partial charge in [-0.2, -0.15) is 0 Å². The van der Waals surface area contributed by atoms with Crippen molar-refractivity contribution in [3.8, 4) is 0 Å². The Hall–Kier alpha value is -1.87. The van der Waals surface area contributed by atoms with Crippen molar-refractivity contribution in [1.29, 1.82) is 0 Å². The van der Waals surface area contributed by atoms with Crippen molar-refractivity contribution < 1.29 is 0 Å². The molecule has 0 saturated carbocycles. The van der Waals surface area contributed by atoms with E-state index in [0.29, 0.717) is 0 Å². The average molecular weight is 215 g/mol. The Bertz CT molecular complexity index is 366. The van der Waals surface area contributed by atoms with E-state index < -0.39 is 0 Å². The molecule has 0 saturated heterocycles. The lowest BCUT2D eigenvalue weighted by Crippen LogP contribution is -2.16. The van der Waals surface area contributed by atoms with Gasteiger partial charge in [0.05, 0.1) is 5.69 Å². The first kappa shape index (κ1) is 12.2. The van der Waals surface area contributed by atoms with Crippen molar-refractivity contribution in [1.82, 2.24) is 10.3 Å². The minimum atomic E-state index is 0.742. The topological polar surface area (TPSA) is 50.9 Å². The van der Waals surface area contributed by atoms with Crippen LogP contribution in [0.2, 0.25) is 0 Å². The molecule has 0 radical (unpaired) electrons. The molecule has 0 unspecified atom stereocenters. The third-order valence-corrected chi connectivity index (χ3v) is 1.94. The molecule has 0 fully saturated rings. The standard InChI is InChI=1S/C13H17N3/c1-12(6-2-4-8-14)10-15-11-13-7-3-5-9-16-13/h2-9,15H,1,10-11,14H2/b6-2-,8-4-. The molecule has 0 spiro atoms. The van der Waals surface area contributed by atoms with E-state index in [0.717, 1.165) is 24.4 Å². The SMILES string of the molecule is C=C(/C=C\C=C/N)CNCc1ccccn1. The summed E-state index contributed by atoms with van der Waals surface area (Å²) >= 11 is 0. The Balaban J connectivity index is 2.23. The molecule has 1 aromatic heterocycles. The van der Waals surface area contributed by atoms with E-state index >= 15 is 0 Å². The summed E-state index contributed by atoms with van der Waals surface area (Å²) in [7, 11) is 0. The number of hydrogen-bond acceptors (Lipinski definition) is 3. The number of pyridine rings is 1. The fourth-order valence-electron chi connectivity index (χ4n) is 1.17. The van der Waals surface area contributed by atoms with Crippen molar-refractivity contribution in [3.05, 3.63) is 66.7 Å². The van der Waals surface area contributed by atoms with Gasteiger partial charge < -0.3 is 11.1 Å². The number of allylic oxidation sites excluding steroid dienone is 2. The minimum Gasteiger partial charge on any atom is -0.405 e. The van der Waals surface area contributed by atoms with Crippen LogP contribution in [0.1, 0.15) is 5.69 Å². The number of nitrogens with two attached hydrogens (primary N) is 1. The van der Waals surface area contributed by atoms with E-state index in [1.54, 1.807) is 12.3 Å². The van der Waals surface area contributed by atoms with Gasteiger partial charge in [0.1, 0.15) is 0 Å². The minimum absolute atomic E-state index is 0.742. The smallest absolute Gasteiger partial charge is 0.0541 e. The fourth-order valence-corrected chi connectivity index (χ4v) is 1.17. The van der Waals surface area contributed by atoms with Gasteiger partial charge in [0.2, 0.25) is 0 Å². The molecule has 16 heavy (non-hydrogen) atoms. The van der Waals surface area contributed by atoms with Gasteiger partial charge in [-0.15, -0.1) is 0 Å². The molecule has 0 aromatic carbocycles. The second-order valence-electron chi connectivity index (χ2n) is 3.33. The van der Waals surface area contributed by atoms with Crippen LogP contribution in [-0.2, 0) is 6.54 Å². The molecule has 0 amide bonds. The zero-order valence-corrected chi connectivity index (χ0v) is 9.26. The first-order valence-corrected chi connectivity index (χ1v) is 5.16. The zero-order chi connectivity index (χ0) is 11.6. The molecule has 1 heterocycles. The predicted octanol–water partition coefficient (Wildman–Crippen LogP) is 1.76. The summed E-state index contributed by atoms with van der Waals surface area (Å²) in [6, 6.07) is 5.87. The molecule has 0 bridgehead atoms. The summed E-state index contributed by atoms with van der Waals surface area (Å²) in [5, 5.41) is 3.26. The summed E-state index contributed by atoms with van der Waals surface area (Å²) in [4.78, 5) is 4.21. The van der Waals surface area contributed by atoms with E-state index in [1.165, 1.54) is 6.20 Å². The van der Waals surface area contributed by atoms with Crippen molar-refractivity contribution in [2.45, 2.75) is 6.54 Å². The largest absolute Gasteiger partial charge is 0.405 e. The van der Waals surface area contributed by atoms with Crippen LogP contribution in [0.3, 0.4) is 0 Å². The van der Waals surface area contributed by atoms with Gasteiger partial charge >= 0.3 is 0 Å². The van der Waals surface area contributed by atoms with E-state index in [2.05, 4.69) is 16.9 Å². The average Bonchev–Trinajstić information content (AvgIpc) is 2.31. The summed E-state index contributed by atoms with van der Waals surface area (Å²) in [6.07, 6.45) is 8.84. The maximum absolute atomic E-state index is 5.21. The fraction of sp³-hybridized carbons (Fsp3) is 0.154. The van der Waals surface area contributed by atoms with Gasteiger partial charge in [-0.25, -0.2) is 0 Å². The lowest BCUT2D eigenvalue weighted by Gasteiger charge is -2.03. The predicted molar refractivity (Wildman–Crippen MR) is 67.6 cm³/mol. The first-order valence-electron chi connectivity index (χ1n) is 5.16. The van der Waals surface area contributed by atoms with Crippen LogP contribution in [0.15, 0.2) is 61.0 Å². The zero-order valence-electron chi connectivity index (χ0n) is 9.26. The third-order valence-electron chi connectivity index (χ3n) is 1.94. The van der Waals surface area contributed by atoms with Crippen molar-refractivity contribution in [2.24, 2.45) is 5.73 Å². The van der Waals surface area contributed by atoms with E-state index in [9.17, 15) is 0 Å². The number of hydrogen-bond donors (Lipinski definition) is 2. The second-order valence-corrected chi connectivity index (χ2v) is 3.33. The number of nitrogens with one attached hydrogen (secondary N) is 1. The number of aromatic nitrogens is 1. The van der Waals surface area contributed by atoms with Crippen LogP contribution in [0.4, 0.5) is 0 Å². The van der Waals surface area contributed by atoms with E-state index in [4.69, 9.17) is 5.73 Å². The van der Waals surface area contributed by atoms with Gasteiger partial charge in [0.15, 0.2) is 0 Å². The monoisotopic (exact) mass is 215 g/mol. The molecule has 3 nitrogen and oxygen atoms in total.